The third-order valence-corrected chi connectivity index (χ3v) is 2.57. The third-order valence-electron chi connectivity index (χ3n) is 2.57. The molecule has 1 unspecified atom stereocenters. The van der Waals surface area contributed by atoms with Crippen LogP contribution in [0, 0.1) is 5.92 Å². The van der Waals surface area contributed by atoms with E-state index >= 15 is 0 Å². The molecule has 0 bridgehead atoms. The number of carboxylic acid groups (broad SMARTS) is 2. The van der Waals surface area contributed by atoms with Crippen LogP contribution in [0.3, 0.4) is 0 Å². The normalized spacial score (nSPS) is 13.3. The van der Waals surface area contributed by atoms with Crippen LogP contribution in [-0.4, -0.2) is 52.7 Å². The lowest BCUT2D eigenvalue weighted by molar-refractivity contribution is -0.158. The van der Waals surface area contributed by atoms with Crippen LogP contribution in [0.2, 0.25) is 0 Å². The molecule has 120 valence electrons. The van der Waals surface area contributed by atoms with E-state index in [1.54, 1.807) is 13.8 Å². The first-order valence-electron chi connectivity index (χ1n) is 6.31. The molecule has 0 aromatic heterocycles. The first-order chi connectivity index (χ1) is 9.65. The summed E-state index contributed by atoms with van der Waals surface area (Å²) in [5.41, 5.74) is 5.26. The SMILES string of the molecule is CC(C)C(NC(=O)CC[C@H](N)C(=O)O)C(=O)OCC(=O)O. The lowest BCUT2D eigenvalue weighted by atomic mass is 10.0. The van der Waals surface area contributed by atoms with Crippen LogP contribution < -0.4 is 11.1 Å². The van der Waals surface area contributed by atoms with E-state index in [0.717, 1.165) is 0 Å². The highest BCUT2D eigenvalue weighted by atomic mass is 16.6. The van der Waals surface area contributed by atoms with Gasteiger partial charge in [-0.2, -0.15) is 0 Å². The molecule has 5 N–H and O–H groups in total. The fraction of sp³-hybridized carbons (Fsp3) is 0.667. The predicted octanol–water partition coefficient (Wildman–Crippen LogP) is -1.05. The summed E-state index contributed by atoms with van der Waals surface area (Å²) >= 11 is 0. The van der Waals surface area contributed by atoms with Crippen LogP contribution in [0.5, 0.6) is 0 Å². The number of carbonyl (C=O) groups excluding carboxylic acids is 2. The molecular weight excluding hydrogens is 284 g/mol. The number of carbonyl (C=O) groups is 4. The Kier molecular flexibility index (Phi) is 7.99. The van der Waals surface area contributed by atoms with Crippen molar-refractivity contribution in [1.82, 2.24) is 5.32 Å². The predicted molar refractivity (Wildman–Crippen MR) is 70.2 cm³/mol. The number of aliphatic carboxylic acids is 2. The van der Waals surface area contributed by atoms with E-state index in [-0.39, 0.29) is 18.8 Å². The number of hydrogen-bond acceptors (Lipinski definition) is 6. The van der Waals surface area contributed by atoms with Crippen molar-refractivity contribution in [2.75, 3.05) is 6.61 Å². The van der Waals surface area contributed by atoms with Gasteiger partial charge in [-0.1, -0.05) is 13.8 Å². The quantitative estimate of drug-likeness (QED) is 0.393. The van der Waals surface area contributed by atoms with E-state index < -0.39 is 42.5 Å². The van der Waals surface area contributed by atoms with Gasteiger partial charge in [0.05, 0.1) is 0 Å². The summed E-state index contributed by atoms with van der Waals surface area (Å²) in [5, 5.41) is 19.4. The number of ether oxygens (including phenoxy) is 1. The van der Waals surface area contributed by atoms with Crippen molar-refractivity contribution in [3.8, 4) is 0 Å². The van der Waals surface area contributed by atoms with Crippen molar-refractivity contribution in [3.63, 3.8) is 0 Å². The Morgan fingerprint density at radius 1 is 1.19 bits per heavy atom. The molecule has 0 saturated heterocycles. The van der Waals surface area contributed by atoms with Gasteiger partial charge in [-0.15, -0.1) is 0 Å². The molecule has 0 aliphatic heterocycles. The highest BCUT2D eigenvalue weighted by Crippen LogP contribution is 2.05. The average molecular weight is 304 g/mol. The number of carboxylic acids is 2. The largest absolute Gasteiger partial charge is 0.480 e. The second-order valence-electron chi connectivity index (χ2n) is 4.77. The lowest BCUT2D eigenvalue weighted by Gasteiger charge is -2.20. The molecule has 0 saturated carbocycles. The maximum Gasteiger partial charge on any atom is 0.341 e. The van der Waals surface area contributed by atoms with E-state index in [4.69, 9.17) is 15.9 Å². The van der Waals surface area contributed by atoms with Gasteiger partial charge in [-0.05, 0) is 12.3 Å². The lowest BCUT2D eigenvalue weighted by Crippen LogP contribution is -2.46. The van der Waals surface area contributed by atoms with Crippen molar-refractivity contribution in [2.24, 2.45) is 11.7 Å². The van der Waals surface area contributed by atoms with E-state index in [2.05, 4.69) is 10.1 Å². The Balaban J connectivity index is 4.43. The molecule has 0 radical (unpaired) electrons. The number of nitrogens with two attached hydrogens (primary N) is 1. The number of rotatable bonds is 9. The van der Waals surface area contributed by atoms with Crippen LogP contribution in [0.15, 0.2) is 0 Å². The topological polar surface area (TPSA) is 156 Å². The highest BCUT2D eigenvalue weighted by Gasteiger charge is 2.26. The Hall–Kier alpha value is -2.16. The number of esters is 1. The van der Waals surface area contributed by atoms with E-state index in [0.29, 0.717) is 0 Å². The zero-order valence-electron chi connectivity index (χ0n) is 11.9. The smallest absolute Gasteiger partial charge is 0.341 e. The molecule has 0 spiro atoms. The number of nitrogens with one attached hydrogen (secondary N) is 1. The van der Waals surface area contributed by atoms with Gasteiger partial charge < -0.3 is 26.0 Å². The summed E-state index contributed by atoms with van der Waals surface area (Å²) in [6.07, 6.45) is -0.237. The highest BCUT2D eigenvalue weighted by molar-refractivity contribution is 5.86. The second-order valence-corrected chi connectivity index (χ2v) is 4.77. The molecule has 21 heavy (non-hydrogen) atoms. The van der Waals surface area contributed by atoms with Gasteiger partial charge in [0, 0.05) is 6.42 Å². The summed E-state index contributed by atoms with van der Waals surface area (Å²) in [6, 6.07) is -2.16. The molecule has 0 heterocycles. The van der Waals surface area contributed by atoms with Crippen LogP contribution in [-0.2, 0) is 23.9 Å². The van der Waals surface area contributed by atoms with Crippen LogP contribution >= 0.6 is 0 Å². The summed E-state index contributed by atoms with van der Waals surface area (Å²) in [5.74, 6) is -4.25. The monoisotopic (exact) mass is 304 g/mol. The van der Waals surface area contributed by atoms with Gasteiger partial charge in [-0.25, -0.2) is 9.59 Å². The van der Waals surface area contributed by atoms with Gasteiger partial charge in [0.25, 0.3) is 0 Å². The van der Waals surface area contributed by atoms with Crippen molar-refractivity contribution >= 4 is 23.8 Å². The minimum Gasteiger partial charge on any atom is -0.480 e. The standard InChI is InChI=1S/C12H20N2O7/c1-6(2)10(12(20)21-5-9(16)17)14-8(15)4-3-7(13)11(18)19/h6-7,10H,3-5,13H2,1-2H3,(H,14,15)(H,16,17)(H,18,19)/t7-,10?/m0/s1. The summed E-state index contributed by atoms with van der Waals surface area (Å²) in [6.45, 7) is 2.51. The average Bonchev–Trinajstić information content (AvgIpc) is 2.38. The minimum absolute atomic E-state index is 0.0733. The molecule has 2 atom stereocenters. The molecule has 0 aromatic carbocycles. The molecular formula is C12H20N2O7. The summed E-state index contributed by atoms with van der Waals surface area (Å²) < 4.78 is 4.52. The van der Waals surface area contributed by atoms with Crippen LogP contribution in [0.25, 0.3) is 0 Å². The fourth-order valence-corrected chi connectivity index (χ4v) is 1.38. The first-order valence-corrected chi connectivity index (χ1v) is 6.31. The fourth-order valence-electron chi connectivity index (χ4n) is 1.38. The zero-order chi connectivity index (χ0) is 16.6. The van der Waals surface area contributed by atoms with Crippen molar-refractivity contribution in [2.45, 2.75) is 38.8 Å². The maximum absolute atomic E-state index is 11.7. The van der Waals surface area contributed by atoms with E-state index in [9.17, 15) is 19.2 Å². The number of hydrogen-bond donors (Lipinski definition) is 4. The molecule has 0 aliphatic rings. The van der Waals surface area contributed by atoms with Crippen molar-refractivity contribution < 1.29 is 34.1 Å². The van der Waals surface area contributed by atoms with Gasteiger partial charge in [0.15, 0.2) is 6.61 Å². The number of amides is 1. The van der Waals surface area contributed by atoms with E-state index in [1.165, 1.54) is 0 Å². The van der Waals surface area contributed by atoms with Gasteiger partial charge >= 0.3 is 17.9 Å². The van der Waals surface area contributed by atoms with Gasteiger partial charge in [0.1, 0.15) is 12.1 Å². The van der Waals surface area contributed by atoms with Crippen molar-refractivity contribution in [3.05, 3.63) is 0 Å². The molecule has 1 amide bonds. The molecule has 9 nitrogen and oxygen atoms in total. The molecule has 0 rings (SSSR count). The van der Waals surface area contributed by atoms with Crippen LogP contribution in [0.1, 0.15) is 26.7 Å². The maximum atomic E-state index is 11.7. The summed E-state index contributed by atoms with van der Waals surface area (Å²) in [4.78, 5) is 44.1. The second kappa shape index (κ2) is 8.90. The Labute approximate surface area is 121 Å². The third kappa shape index (κ3) is 7.88. The minimum atomic E-state index is -1.30. The molecule has 0 aliphatic carbocycles. The Morgan fingerprint density at radius 2 is 1.76 bits per heavy atom. The molecule has 0 aromatic rings. The van der Waals surface area contributed by atoms with Crippen LogP contribution in [0.4, 0.5) is 0 Å². The van der Waals surface area contributed by atoms with Crippen molar-refractivity contribution in [1.29, 1.82) is 0 Å². The Morgan fingerprint density at radius 3 is 2.19 bits per heavy atom. The van der Waals surface area contributed by atoms with E-state index in [1.807, 2.05) is 0 Å². The molecule has 0 fully saturated rings. The zero-order valence-corrected chi connectivity index (χ0v) is 11.9. The first kappa shape index (κ1) is 18.8. The van der Waals surface area contributed by atoms with Gasteiger partial charge in [-0.3, -0.25) is 9.59 Å². The Bertz CT molecular complexity index is 408. The molecule has 9 heteroatoms. The summed E-state index contributed by atoms with van der Waals surface area (Å²) in [7, 11) is 0. The van der Waals surface area contributed by atoms with Gasteiger partial charge in [0.2, 0.25) is 5.91 Å².